The third-order valence-electron chi connectivity index (χ3n) is 3.15. The van der Waals surface area contributed by atoms with E-state index in [2.05, 4.69) is 10.6 Å². The second-order valence-corrected chi connectivity index (χ2v) is 4.48. The summed E-state index contributed by atoms with van der Waals surface area (Å²) >= 11 is 0. The van der Waals surface area contributed by atoms with Gasteiger partial charge in [-0.05, 0) is 19.3 Å². The van der Waals surface area contributed by atoms with Gasteiger partial charge >= 0.3 is 6.09 Å². The number of carbonyl (C=O) groups is 1. The molecule has 0 aliphatic carbocycles. The molecule has 2 saturated heterocycles. The van der Waals surface area contributed by atoms with Crippen molar-refractivity contribution >= 4 is 18.5 Å². The summed E-state index contributed by atoms with van der Waals surface area (Å²) in [6, 6.07) is 0.266. The summed E-state index contributed by atoms with van der Waals surface area (Å²) in [7, 11) is 0. The summed E-state index contributed by atoms with van der Waals surface area (Å²) in [5, 5.41) is 6.59. The van der Waals surface area contributed by atoms with Crippen LogP contribution in [0, 0.1) is 0 Å². The molecule has 17 heavy (non-hydrogen) atoms. The van der Waals surface area contributed by atoms with Gasteiger partial charge in [-0.25, -0.2) is 4.79 Å². The Kier molecular flexibility index (Phi) is 6.62. The smallest absolute Gasteiger partial charge is 0.409 e. The molecule has 1 amide bonds. The van der Waals surface area contributed by atoms with Gasteiger partial charge in [-0.2, -0.15) is 0 Å². The molecule has 1 atom stereocenters. The highest BCUT2D eigenvalue weighted by Gasteiger charge is 2.20. The van der Waals surface area contributed by atoms with E-state index in [1.807, 2.05) is 4.90 Å². The standard InChI is InChI=1S/C11H21N3O2.ClH/c15-11(14-6-2-1-3-7-14)16-9-10-8-12-4-5-13-10;/h10,12-13H,1-9H2;1H. The summed E-state index contributed by atoms with van der Waals surface area (Å²) < 4.78 is 5.31. The number of likely N-dealkylation sites (tertiary alicyclic amines) is 1. The Balaban J connectivity index is 0.00000144. The zero-order chi connectivity index (χ0) is 11.2. The molecule has 0 bridgehead atoms. The van der Waals surface area contributed by atoms with E-state index in [1.54, 1.807) is 0 Å². The summed E-state index contributed by atoms with van der Waals surface area (Å²) in [6.07, 6.45) is 3.31. The fourth-order valence-corrected chi connectivity index (χ4v) is 2.17. The molecule has 2 aliphatic heterocycles. The number of nitrogens with zero attached hydrogens (tertiary/aromatic N) is 1. The molecule has 1 unspecified atom stereocenters. The van der Waals surface area contributed by atoms with Crippen LogP contribution in [0.3, 0.4) is 0 Å². The number of piperazine rings is 1. The maximum atomic E-state index is 11.7. The Morgan fingerprint density at radius 2 is 2.00 bits per heavy atom. The first-order valence-electron chi connectivity index (χ1n) is 6.22. The number of amides is 1. The minimum atomic E-state index is -0.146. The van der Waals surface area contributed by atoms with Gasteiger partial charge in [0.25, 0.3) is 0 Å². The van der Waals surface area contributed by atoms with Crippen molar-refractivity contribution in [2.75, 3.05) is 39.3 Å². The maximum absolute atomic E-state index is 11.7. The van der Waals surface area contributed by atoms with Crippen molar-refractivity contribution < 1.29 is 9.53 Å². The molecule has 0 aromatic rings. The molecule has 0 aromatic carbocycles. The number of carbonyl (C=O) groups excluding carboxylic acids is 1. The van der Waals surface area contributed by atoms with E-state index in [0.717, 1.165) is 45.6 Å². The van der Waals surface area contributed by atoms with E-state index in [1.165, 1.54) is 6.42 Å². The minimum absolute atomic E-state index is 0. The zero-order valence-corrected chi connectivity index (χ0v) is 10.9. The second-order valence-electron chi connectivity index (χ2n) is 4.48. The number of hydrogen-bond donors (Lipinski definition) is 2. The fourth-order valence-electron chi connectivity index (χ4n) is 2.17. The van der Waals surface area contributed by atoms with Crippen molar-refractivity contribution in [2.45, 2.75) is 25.3 Å². The highest BCUT2D eigenvalue weighted by molar-refractivity contribution is 5.85. The summed E-state index contributed by atoms with van der Waals surface area (Å²) in [5.74, 6) is 0. The molecule has 6 heteroatoms. The fraction of sp³-hybridized carbons (Fsp3) is 0.909. The van der Waals surface area contributed by atoms with E-state index in [-0.39, 0.29) is 24.5 Å². The predicted octanol–water partition coefficient (Wildman–Crippen LogP) is 0.592. The molecule has 0 radical (unpaired) electrons. The van der Waals surface area contributed by atoms with Crippen LogP contribution in [0.4, 0.5) is 4.79 Å². The Morgan fingerprint density at radius 3 is 2.65 bits per heavy atom. The maximum Gasteiger partial charge on any atom is 0.409 e. The van der Waals surface area contributed by atoms with Gasteiger partial charge in [0.05, 0.1) is 6.04 Å². The molecule has 0 aromatic heterocycles. The van der Waals surface area contributed by atoms with Crippen LogP contribution in [0.15, 0.2) is 0 Å². The van der Waals surface area contributed by atoms with Crippen LogP contribution in [-0.2, 0) is 4.74 Å². The van der Waals surface area contributed by atoms with E-state index < -0.39 is 0 Å². The van der Waals surface area contributed by atoms with Crippen molar-refractivity contribution in [3.05, 3.63) is 0 Å². The first kappa shape index (κ1) is 14.5. The lowest BCUT2D eigenvalue weighted by Crippen LogP contribution is -2.51. The lowest BCUT2D eigenvalue weighted by atomic mass is 10.1. The Morgan fingerprint density at radius 1 is 1.24 bits per heavy atom. The molecule has 0 spiro atoms. The average molecular weight is 264 g/mol. The van der Waals surface area contributed by atoms with Gasteiger partial charge in [-0.15, -0.1) is 12.4 Å². The molecule has 2 heterocycles. The number of ether oxygens (including phenoxy) is 1. The van der Waals surface area contributed by atoms with E-state index in [0.29, 0.717) is 6.61 Å². The average Bonchev–Trinajstić information content (AvgIpc) is 2.38. The third-order valence-corrected chi connectivity index (χ3v) is 3.15. The van der Waals surface area contributed by atoms with Crippen LogP contribution >= 0.6 is 12.4 Å². The topological polar surface area (TPSA) is 53.6 Å². The molecule has 0 saturated carbocycles. The van der Waals surface area contributed by atoms with Crippen LogP contribution < -0.4 is 10.6 Å². The molecule has 2 N–H and O–H groups in total. The number of nitrogens with one attached hydrogen (secondary N) is 2. The third kappa shape index (κ3) is 4.69. The minimum Gasteiger partial charge on any atom is -0.448 e. The van der Waals surface area contributed by atoms with Gasteiger partial charge in [-0.3, -0.25) is 0 Å². The number of hydrogen-bond acceptors (Lipinski definition) is 4. The SMILES string of the molecule is Cl.O=C(OCC1CNCCN1)N1CCCCC1. The monoisotopic (exact) mass is 263 g/mol. The normalized spacial score (nSPS) is 24.9. The Bertz CT molecular complexity index is 229. The number of piperidine rings is 1. The van der Waals surface area contributed by atoms with Gasteiger partial charge in [0.2, 0.25) is 0 Å². The van der Waals surface area contributed by atoms with Crippen molar-refractivity contribution in [3.63, 3.8) is 0 Å². The second kappa shape index (κ2) is 7.74. The molecule has 2 rings (SSSR count). The summed E-state index contributed by atoms with van der Waals surface area (Å²) in [5.41, 5.74) is 0. The molecule has 2 fully saturated rings. The predicted molar refractivity (Wildman–Crippen MR) is 68.7 cm³/mol. The quantitative estimate of drug-likeness (QED) is 0.766. The highest BCUT2D eigenvalue weighted by Crippen LogP contribution is 2.09. The zero-order valence-electron chi connectivity index (χ0n) is 10.1. The van der Waals surface area contributed by atoms with Gasteiger partial charge < -0.3 is 20.3 Å². The van der Waals surface area contributed by atoms with Crippen molar-refractivity contribution in [3.8, 4) is 0 Å². The van der Waals surface area contributed by atoms with Crippen molar-refractivity contribution in [1.82, 2.24) is 15.5 Å². The Labute approximate surface area is 109 Å². The highest BCUT2D eigenvalue weighted by atomic mass is 35.5. The summed E-state index contributed by atoms with van der Waals surface area (Å²) in [4.78, 5) is 13.5. The van der Waals surface area contributed by atoms with Crippen LogP contribution in [0.1, 0.15) is 19.3 Å². The van der Waals surface area contributed by atoms with E-state index in [9.17, 15) is 4.79 Å². The molecular formula is C11H22ClN3O2. The largest absolute Gasteiger partial charge is 0.448 e. The lowest BCUT2D eigenvalue weighted by Gasteiger charge is -2.28. The van der Waals surface area contributed by atoms with Gasteiger partial charge in [0, 0.05) is 32.7 Å². The molecule has 100 valence electrons. The molecule has 2 aliphatic rings. The summed E-state index contributed by atoms with van der Waals surface area (Å²) in [6.45, 7) is 5.02. The van der Waals surface area contributed by atoms with Crippen molar-refractivity contribution in [1.29, 1.82) is 0 Å². The Hall–Kier alpha value is -0.520. The lowest BCUT2D eigenvalue weighted by molar-refractivity contribution is 0.0848. The number of halogens is 1. The molecular weight excluding hydrogens is 242 g/mol. The van der Waals surface area contributed by atoms with E-state index >= 15 is 0 Å². The van der Waals surface area contributed by atoms with Crippen LogP contribution in [-0.4, -0.2) is 56.4 Å². The molecule has 5 nitrogen and oxygen atoms in total. The van der Waals surface area contributed by atoms with Gasteiger partial charge in [0.15, 0.2) is 0 Å². The number of rotatable bonds is 2. The van der Waals surface area contributed by atoms with E-state index in [4.69, 9.17) is 4.74 Å². The first-order valence-corrected chi connectivity index (χ1v) is 6.22. The van der Waals surface area contributed by atoms with Crippen LogP contribution in [0.5, 0.6) is 0 Å². The van der Waals surface area contributed by atoms with Gasteiger partial charge in [0.1, 0.15) is 6.61 Å². The first-order chi connectivity index (χ1) is 7.86. The van der Waals surface area contributed by atoms with Crippen LogP contribution in [0.2, 0.25) is 0 Å². The van der Waals surface area contributed by atoms with Crippen molar-refractivity contribution in [2.24, 2.45) is 0 Å². The van der Waals surface area contributed by atoms with Crippen LogP contribution in [0.25, 0.3) is 0 Å². The van der Waals surface area contributed by atoms with Gasteiger partial charge in [-0.1, -0.05) is 0 Å².